The van der Waals surface area contributed by atoms with Gasteiger partial charge >= 0.3 is 12.4 Å². The van der Waals surface area contributed by atoms with Crippen molar-refractivity contribution in [1.29, 1.82) is 0 Å². The molecular weight excluding hydrogens is 416 g/mol. The Bertz CT molecular complexity index is 911. The molecule has 1 unspecified atom stereocenters. The summed E-state index contributed by atoms with van der Waals surface area (Å²) in [6.45, 7) is 6.28. The normalized spacial score (nSPS) is 17.6. The van der Waals surface area contributed by atoms with Crippen LogP contribution in [0.4, 0.5) is 37.7 Å². The first-order valence-electron chi connectivity index (χ1n) is 9.00. The maximum atomic E-state index is 13.2. The highest BCUT2D eigenvalue weighted by Gasteiger charge is 2.36. The van der Waals surface area contributed by atoms with Crippen molar-refractivity contribution >= 4 is 11.4 Å². The van der Waals surface area contributed by atoms with Crippen molar-refractivity contribution in [3.05, 3.63) is 46.9 Å². The van der Waals surface area contributed by atoms with E-state index in [0.717, 1.165) is 31.5 Å². The van der Waals surface area contributed by atoms with Crippen molar-refractivity contribution in [1.82, 2.24) is 15.5 Å². The second-order valence-electron chi connectivity index (χ2n) is 6.87. The summed E-state index contributed by atoms with van der Waals surface area (Å²) in [5.41, 5.74) is -2.34. The topological polar surface area (TPSA) is 58.6 Å². The highest BCUT2D eigenvalue weighted by Crippen LogP contribution is 2.39. The molecule has 162 valence electrons. The van der Waals surface area contributed by atoms with Gasteiger partial charge in [0.25, 0.3) is 0 Å². The Morgan fingerprint density at radius 2 is 2.00 bits per heavy atom. The fourth-order valence-corrected chi connectivity index (χ4v) is 3.23. The van der Waals surface area contributed by atoms with Crippen molar-refractivity contribution in [3.8, 4) is 0 Å². The highest BCUT2D eigenvalue weighted by molar-refractivity contribution is 5.62. The molecule has 1 aliphatic heterocycles. The van der Waals surface area contributed by atoms with Gasteiger partial charge in [0.05, 0.1) is 24.6 Å². The predicted octanol–water partition coefficient (Wildman–Crippen LogP) is 4.68. The van der Waals surface area contributed by atoms with Crippen LogP contribution in [0.2, 0.25) is 0 Å². The number of rotatable bonds is 5. The smallest absolute Gasteiger partial charge is 0.355 e. The largest absolute Gasteiger partial charge is 0.407 e. The molecule has 12 heteroatoms. The van der Waals surface area contributed by atoms with Gasteiger partial charge in [-0.15, -0.1) is 0 Å². The molecule has 1 saturated heterocycles. The van der Waals surface area contributed by atoms with Crippen LogP contribution < -0.4 is 10.2 Å². The maximum absolute atomic E-state index is 13.2. The molecule has 0 saturated carbocycles. The van der Waals surface area contributed by atoms with Crippen LogP contribution in [-0.4, -0.2) is 36.0 Å². The first-order chi connectivity index (χ1) is 14.1. The summed E-state index contributed by atoms with van der Waals surface area (Å²) >= 11 is 0. The molecule has 0 bridgehead atoms. The molecule has 6 nitrogen and oxygen atoms in total. The molecule has 3 rings (SSSR count). The number of nitrogens with one attached hydrogen (secondary N) is 1. The van der Waals surface area contributed by atoms with Crippen LogP contribution in [0, 0.1) is 6.57 Å². The molecular formula is C18H17F6N5O. The van der Waals surface area contributed by atoms with Gasteiger partial charge in [-0.3, -0.25) is 0 Å². The summed E-state index contributed by atoms with van der Waals surface area (Å²) in [6.07, 6.45) is -7.89. The Morgan fingerprint density at radius 1 is 1.23 bits per heavy atom. The van der Waals surface area contributed by atoms with Gasteiger partial charge in [0, 0.05) is 12.2 Å². The average Bonchev–Trinajstić information content (AvgIpc) is 3.14. The molecule has 1 aliphatic rings. The van der Waals surface area contributed by atoms with Crippen LogP contribution in [-0.2, 0) is 12.7 Å². The Kier molecular flexibility index (Phi) is 6.21. The molecule has 1 atom stereocenters. The zero-order valence-corrected chi connectivity index (χ0v) is 15.5. The van der Waals surface area contributed by atoms with E-state index in [1.807, 2.05) is 0 Å². The summed E-state index contributed by atoms with van der Waals surface area (Å²) in [4.78, 5) is 7.61. The summed E-state index contributed by atoms with van der Waals surface area (Å²) in [6, 6.07) is 2.43. The third-order valence-corrected chi connectivity index (χ3v) is 4.60. The lowest BCUT2D eigenvalue weighted by molar-refractivity contribution is -0.136. The summed E-state index contributed by atoms with van der Waals surface area (Å²) in [7, 11) is 0. The Morgan fingerprint density at radius 3 is 2.60 bits per heavy atom. The molecule has 1 fully saturated rings. The molecule has 2 aromatic rings. The molecule has 2 heterocycles. The van der Waals surface area contributed by atoms with E-state index in [1.54, 1.807) is 0 Å². The Labute approximate surface area is 167 Å². The zero-order valence-electron chi connectivity index (χ0n) is 15.5. The Hall–Kier alpha value is -2.81. The molecule has 1 N–H and O–H groups in total. The number of anilines is 1. The van der Waals surface area contributed by atoms with Gasteiger partial charge in [0.2, 0.25) is 5.89 Å². The van der Waals surface area contributed by atoms with Crippen LogP contribution in [0.3, 0.4) is 0 Å². The van der Waals surface area contributed by atoms with Crippen molar-refractivity contribution in [2.75, 3.05) is 24.5 Å². The number of hydrogen-bond donors (Lipinski definition) is 1. The molecule has 1 aromatic heterocycles. The summed E-state index contributed by atoms with van der Waals surface area (Å²) < 4.78 is 84.1. The van der Waals surface area contributed by atoms with Crippen LogP contribution >= 0.6 is 0 Å². The fourth-order valence-electron chi connectivity index (χ4n) is 3.23. The number of piperidine rings is 1. The second-order valence-corrected chi connectivity index (χ2v) is 6.87. The van der Waals surface area contributed by atoms with E-state index in [4.69, 9.17) is 11.1 Å². The second kappa shape index (κ2) is 8.51. The SMILES string of the molecule is [C-]#[N+]c1ccc(N(Cc2noc(C3CCCNC3)n2)CC(F)(F)F)cc1C(F)(F)F. The van der Waals surface area contributed by atoms with Gasteiger partial charge in [-0.1, -0.05) is 11.2 Å². The molecule has 30 heavy (non-hydrogen) atoms. The van der Waals surface area contributed by atoms with E-state index in [2.05, 4.69) is 20.3 Å². The van der Waals surface area contributed by atoms with E-state index >= 15 is 0 Å². The van der Waals surface area contributed by atoms with Gasteiger partial charge in [0.15, 0.2) is 11.5 Å². The third kappa shape index (κ3) is 5.41. The number of benzene rings is 1. The van der Waals surface area contributed by atoms with E-state index in [9.17, 15) is 26.3 Å². The van der Waals surface area contributed by atoms with Crippen molar-refractivity contribution in [2.45, 2.75) is 37.7 Å². The summed E-state index contributed by atoms with van der Waals surface area (Å²) in [5, 5.41) is 6.85. The minimum atomic E-state index is -4.88. The van der Waals surface area contributed by atoms with Crippen molar-refractivity contribution < 1.29 is 30.9 Å². The summed E-state index contributed by atoms with van der Waals surface area (Å²) in [5.74, 6) is 0.150. The number of hydrogen-bond acceptors (Lipinski definition) is 5. The number of halogens is 6. The van der Waals surface area contributed by atoms with E-state index in [1.165, 1.54) is 0 Å². The Balaban J connectivity index is 1.89. The highest BCUT2D eigenvalue weighted by atomic mass is 19.4. The third-order valence-electron chi connectivity index (χ3n) is 4.60. The quantitative estimate of drug-likeness (QED) is 0.549. The first-order valence-corrected chi connectivity index (χ1v) is 9.00. The molecule has 1 aromatic carbocycles. The number of alkyl halides is 6. The molecule has 0 radical (unpaired) electrons. The van der Waals surface area contributed by atoms with Crippen molar-refractivity contribution in [2.24, 2.45) is 0 Å². The lowest BCUT2D eigenvalue weighted by Crippen LogP contribution is -2.34. The van der Waals surface area contributed by atoms with Gasteiger partial charge in [0.1, 0.15) is 6.54 Å². The van der Waals surface area contributed by atoms with Gasteiger partial charge in [-0.2, -0.15) is 31.3 Å². The first kappa shape index (κ1) is 21.9. The van der Waals surface area contributed by atoms with E-state index in [0.29, 0.717) is 17.5 Å². The van der Waals surface area contributed by atoms with Crippen LogP contribution in [0.5, 0.6) is 0 Å². The van der Waals surface area contributed by atoms with Crippen LogP contribution in [0.15, 0.2) is 22.7 Å². The maximum Gasteiger partial charge on any atom is 0.407 e. The molecule has 0 aliphatic carbocycles. The average molecular weight is 433 g/mol. The lowest BCUT2D eigenvalue weighted by Gasteiger charge is -2.25. The fraction of sp³-hybridized carbons (Fsp3) is 0.500. The number of aromatic nitrogens is 2. The monoisotopic (exact) mass is 433 g/mol. The van der Waals surface area contributed by atoms with Crippen molar-refractivity contribution in [3.63, 3.8) is 0 Å². The zero-order chi connectivity index (χ0) is 21.9. The molecule has 0 spiro atoms. The van der Waals surface area contributed by atoms with E-state index < -0.39 is 36.7 Å². The molecule has 0 amide bonds. The van der Waals surface area contributed by atoms with Gasteiger partial charge in [-0.25, -0.2) is 4.85 Å². The van der Waals surface area contributed by atoms with Crippen LogP contribution in [0.25, 0.3) is 4.85 Å². The number of nitrogens with zero attached hydrogens (tertiary/aromatic N) is 4. The standard InChI is InChI=1S/C18H17F6N5O/c1-25-14-5-4-12(7-13(14)18(22,23)24)29(10-17(19,20)21)9-15-27-16(30-28-15)11-3-2-6-26-8-11/h4-5,7,11,26H,2-3,6,8-10H2. The van der Waals surface area contributed by atoms with E-state index in [-0.39, 0.29) is 23.3 Å². The van der Waals surface area contributed by atoms with Gasteiger partial charge < -0.3 is 14.7 Å². The van der Waals surface area contributed by atoms with Gasteiger partial charge in [-0.05, 0) is 31.5 Å². The van der Waals surface area contributed by atoms with Crippen LogP contribution in [0.1, 0.15) is 36.0 Å². The minimum absolute atomic E-state index is 0.0640. The predicted molar refractivity (Wildman–Crippen MR) is 94.0 cm³/mol. The minimum Gasteiger partial charge on any atom is -0.355 e. The lowest BCUT2D eigenvalue weighted by atomic mass is 10.00.